The molecule has 0 fully saturated rings. The summed E-state index contributed by atoms with van der Waals surface area (Å²) >= 11 is 1.22. The second kappa shape index (κ2) is 10.6. The molecule has 0 saturated heterocycles. The lowest BCUT2D eigenvalue weighted by atomic mass is 10.0. The maximum atomic E-state index is 12.9. The third-order valence-corrected chi connectivity index (χ3v) is 5.22. The molecule has 0 aliphatic heterocycles. The van der Waals surface area contributed by atoms with Crippen LogP contribution in [0.3, 0.4) is 0 Å². The van der Waals surface area contributed by atoms with Crippen molar-refractivity contribution in [3.63, 3.8) is 0 Å². The number of hydrogen-bond donors (Lipinski definition) is 2. The summed E-state index contributed by atoms with van der Waals surface area (Å²) in [5, 5.41) is 15.6. The summed E-state index contributed by atoms with van der Waals surface area (Å²) in [6.07, 6.45) is 0.264. The van der Waals surface area contributed by atoms with Gasteiger partial charge in [-0.15, -0.1) is 0 Å². The van der Waals surface area contributed by atoms with E-state index in [4.69, 9.17) is 14.6 Å². The first kappa shape index (κ1) is 23.9. The van der Waals surface area contributed by atoms with Crippen LogP contribution in [0.1, 0.15) is 38.8 Å². The second-order valence-corrected chi connectivity index (χ2v) is 8.94. The van der Waals surface area contributed by atoms with Crippen LogP contribution in [0.2, 0.25) is 0 Å². The van der Waals surface area contributed by atoms with E-state index in [1.165, 1.54) is 11.9 Å². The number of ether oxygens (including phenoxy) is 2. The molecule has 0 bridgehead atoms. The van der Waals surface area contributed by atoms with Gasteiger partial charge in [0.05, 0.1) is 6.54 Å². The SMILES string of the molecule is Cc1ccc(CC(C)N(CCOc2ccccc2O)C(=O)OC(C)(C)C)cc1SN. The molecule has 164 valence electrons. The number of carbonyl (C=O) groups is 1. The van der Waals surface area contributed by atoms with Gasteiger partial charge in [-0.2, -0.15) is 0 Å². The Balaban J connectivity index is 2.11. The summed E-state index contributed by atoms with van der Waals surface area (Å²) in [6, 6.07) is 12.8. The lowest BCUT2D eigenvalue weighted by molar-refractivity contribution is 0.0148. The topological polar surface area (TPSA) is 85.0 Å². The number of para-hydroxylation sites is 2. The average Bonchev–Trinajstić information content (AvgIpc) is 2.66. The minimum atomic E-state index is -0.596. The van der Waals surface area contributed by atoms with Gasteiger partial charge >= 0.3 is 6.09 Å². The van der Waals surface area contributed by atoms with Crippen molar-refractivity contribution in [2.45, 2.75) is 57.6 Å². The summed E-state index contributed by atoms with van der Waals surface area (Å²) in [5.74, 6) is 0.457. The van der Waals surface area contributed by atoms with Crippen molar-refractivity contribution in [3.8, 4) is 11.5 Å². The molecule has 1 unspecified atom stereocenters. The van der Waals surface area contributed by atoms with E-state index in [0.29, 0.717) is 18.7 Å². The summed E-state index contributed by atoms with van der Waals surface area (Å²) in [4.78, 5) is 15.5. The van der Waals surface area contributed by atoms with Crippen LogP contribution >= 0.6 is 11.9 Å². The Bertz CT molecular complexity index is 851. The molecule has 2 aromatic rings. The fraction of sp³-hybridized carbons (Fsp3) is 0.435. The predicted octanol–water partition coefficient (Wildman–Crippen LogP) is 4.91. The van der Waals surface area contributed by atoms with Crippen LogP contribution in [0, 0.1) is 6.92 Å². The van der Waals surface area contributed by atoms with Gasteiger partial charge in [0.2, 0.25) is 0 Å². The van der Waals surface area contributed by atoms with Gasteiger partial charge in [-0.1, -0.05) is 24.3 Å². The van der Waals surface area contributed by atoms with Crippen LogP contribution in [-0.2, 0) is 11.2 Å². The van der Waals surface area contributed by atoms with Gasteiger partial charge in [0, 0.05) is 10.9 Å². The lowest BCUT2D eigenvalue weighted by Crippen LogP contribution is -2.45. The zero-order valence-corrected chi connectivity index (χ0v) is 19.2. The molecule has 0 spiro atoms. The molecule has 2 aromatic carbocycles. The number of nitrogens with two attached hydrogens (primary N) is 1. The van der Waals surface area contributed by atoms with Gasteiger partial charge in [0.15, 0.2) is 11.5 Å². The quantitative estimate of drug-likeness (QED) is 0.576. The smallest absolute Gasteiger partial charge is 0.410 e. The zero-order chi connectivity index (χ0) is 22.3. The van der Waals surface area contributed by atoms with E-state index in [-0.39, 0.29) is 18.4 Å². The van der Waals surface area contributed by atoms with E-state index in [0.717, 1.165) is 16.0 Å². The number of nitrogens with zero attached hydrogens (tertiary/aromatic N) is 1. The molecule has 6 nitrogen and oxygen atoms in total. The monoisotopic (exact) mass is 432 g/mol. The van der Waals surface area contributed by atoms with Crippen LogP contribution < -0.4 is 9.88 Å². The largest absolute Gasteiger partial charge is 0.504 e. The number of phenolic OH excluding ortho intramolecular Hbond substituents is 1. The van der Waals surface area contributed by atoms with Crippen molar-refractivity contribution in [2.24, 2.45) is 5.14 Å². The molecule has 0 aliphatic carbocycles. The van der Waals surface area contributed by atoms with E-state index < -0.39 is 11.7 Å². The van der Waals surface area contributed by atoms with Crippen molar-refractivity contribution in [3.05, 3.63) is 53.6 Å². The third kappa shape index (κ3) is 7.15. The predicted molar refractivity (Wildman–Crippen MR) is 121 cm³/mol. The normalized spacial score (nSPS) is 12.3. The van der Waals surface area contributed by atoms with Crippen LogP contribution in [0.25, 0.3) is 0 Å². The van der Waals surface area contributed by atoms with Crippen molar-refractivity contribution >= 4 is 18.0 Å². The molecule has 0 radical (unpaired) electrons. The Morgan fingerprint density at radius 2 is 1.93 bits per heavy atom. The molecule has 0 aliphatic rings. The number of carbonyl (C=O) groups excluding carboxylic acids is 1. The van der Waals surface area contributed by atoms with E-state index in [1.807, 2.05) is 40.7 Å². The van der Waals surface area contributed by atoms with Crippen molar-refractivity contribution < 1.29 is 19.4 Å². The van der Waals surface area contributed by atoms with Crippen molar-refractivity contribution in [1.82, 2.24) is 4.90 Å². The Kier molecular flexibility index (Phi) is 8.43. The number of amides is 1. The van der Waals surface area contributed by atoms with Gasteiger partial charge in [-0.3, -0.25) is 5.14 Å². The van der Waals surface area contributed by atoms with Crippen LogP contribution in [-0.4, -0.2) is 40.9 Å². The second-order valence-electron chi connectivity index (χ2n) is 8.26. The average molecular weight is 433 g/mol. The maximum Gasteiger partial charge on any atom is 0.410 e. The Morgan fingerprint density at radius 1 is 1.23 bits per heavy atom. The first-order chi connectivity index (χ1) is 14.1. The first-order valence-corrected chi connectivity index (χ1v) is 10.9. The van der Waals surface area contributed by atoms with Gasteiger partial charge in [-0.25, -0.2) is 4.79 Å². The molecule has 0 saturated carbocycles. The molecule has 1 atom stereocenters. The molecular weight excluding hydrogens is 400 g/mol. The number of hydrogen-bond acceptors (Lipinski definition) is 6. The zero-order valence-electron chi connectivity index (χ0n) is 18.3. The van der Waals surface area contributed by atoms with Crippen LogP contribution in [0.15, 0.2) is 47.4 Å². The van der Waals surface area contributed by atoms with Crippen LogP contribution in [0.5, 0.6) is 11.5 Å². The highest BCUT2D eigenvalue weighted by Crippen LogP contribution is 2.25. The number of phenols is 1. The van der Waals surface area contributed by atoms with E-state index in [9.17, 15) is 9.90 Å². The highest BCUT2D eigenvalue weighted by molar-refractivity contribution is 7.97. The fourth-order valence-electron chi connectivity index (χ4n) is 3.00. The molecule has 3 N–H and O–H groups in total. The minimum absolute atomic E-state index is 0.0702. The Labute approximate surface area is 183 Å². The molecule has 0 aromatic heterocycles. The third-order valence-electron chi connectivity index (χ3n) is 4.53. The van der Waals surface area contributed by atoms with E-state index >= 15 is 0 Å². The van der Waals surface area contributed by atoms with Gasteiger partial charge in [-0.05, 0) is 82.3 Å². The molecule has 7 heteroatoms. The van der Waals surface area contributed by atoms with Gasteiger partial charge in [0.25, 0.3) is 0 Å². The van der Waals surface area contributed by atoms with Crippen LogP contribution in [0.4, 0.5) is 4.79 Å². The number of benzene rings is 2. The van der Waals surface area contributed by atoms with E-state index in [1.54, 1.807) is 29.2 Å². The van der Waals surface area contributed by atoms with Crippen molar-refractivity contribution in [2.75, 3.05) is 13.2 Å². The first-order valence-electron chi connectivity index (χ1n) is 9.97. The maximum absolute atomic E-state index is 12.9. The molecule has 30 heavy (non-hydrogen) atoms. The standard InChI is InChI=1S/C23H32N2O4S/c1-16-10-11-18(15-21(16)30-24)14-17(2)25(22(27)29-23(3,4)5)12-13-28-20-9-7-6-8-19(20)26/h6-11,15,17,26H,12-14,24H2,1-5H3. The number of aromatic hydroxyl groups is 1. The summed E-state index contributed by atoms with van der Waals surface area (Å²) in [6.45, 7) is 10.1. The minimum Gasteiger partial charge on any atom is -0.504 e. The van der Waals surface area contributed by atoms with Crippen molar-refractivity contribution in [1.29, 1.82) is 0 Å². The Hall–Kier alpha value is -2.38. The van der Waals surface area contributed by atoms with Gasteiger partial charge in [0.1, 0.15) is 12.2 Å². The molecule has 1 amide bonds. The molecular formula is C23H32N2O4S. The summed E-state index contributed by atoms with van der Waals surface area (Å²) in [7, 11) is 0. The molecule has 2 rings (SSSR count). The number of rotatable bonds is 8. The van der Waals surface area contributed by atoms with E-state index in [2.05, 4.69) is 12.1 Å². The highest BCUT2D eigenvalue weighted by Gasteiger charge is 2.26. The van der Waals surface area contributed by atoms with Gasteiger partial charge < -0.3 is 19.5 Å². The lowest BCUT2D eigenvalue weighted by Gasteiger charge is -2.32. The fourth-order valence-corrected chi connectivity index (χ4v) is 3.47. The summed E-state index contributed by atoms with van der Waals surface area (Å²) in [5.41, 5.74) is 1.62. The molecule has 0 heterocycles. The highest BCUT2D eigenvalue weighted by atomic mass is 32.2. The summed E-state index contributed by atoms with van der Waals surface area (Å²) < 4.78 is 11.3. The Morgan fingerprint density at radius 3 is 2.57 bits per heavy atom. The number of aryl methyl sites for hydroxylation is 1.